The number of fused-ring (bicyclic) bond motifs is 1. The minimum absolute atomic E-state index is 0.0159. The molecule has 0 aliphatic carbocycles. The Morgan fingerprint density at radius 2 is 1.82 bits per heavy atom. The fourth-order valence-corrected chi connectivity index (χ4v) is 3.44. The molecule has 0 fully saturated rings. The minimum Gasteiger partial charge on any atom is -0.513 e. The first-order valence-corrected chi connectivity index (χ1v) is 11.9. The van der Waals surface area contributed by atoms with Crippen molar-refractivity contribution in [3.63, 3.8) is 0 Å². The Morgan fingerprint density at radius 1 is 1.13 bits per heavy atom. The standard InChI is InChI=1S/C25H30N8O6/c1-13(2)39-25(38)32-24-30-20(26)19-21(31-24)27-11-16(28-19)12-33(4)17-8-6-15(7-9-17)22(35)29-18(23(36)37)10-5-14(3)34/h6-9,11,13,18,34H,3,5,10,12H2,1-2,4H3,(H,29,35)(H,36,37)(H3,26,27,30,31,32,38)/t18-/m0/s1. The number of nitrogen functional groups attached to an aromatic ring is 1. The van der Waals surface area contributed by atoms with Crippen LogP contribution in [0, 0.1) is 0 Å². The highest BCUT2D eigenvalue weighted by Crippen LogP contribution is 2.20. The predicted octanol–water partition coefficient (Wildman–Crippen LogP) is 2.63. The molecule has 0 spiro atoms. The maximum Gasteiger partial charge on any atom is 0.414 e. The number of carbonyl (C=O) groups is 3. The average Bonchev–Trinajstić information content (AvgIpc) is 2.86. The van der Waals surface area contributed by atoms with E-state index < -0.39 is 24.0 Å². The largest absolute Gasteiger partial charge is 0.513 e. The molecular weight excluding hydrogens is 508 g/mol. The first kappa shape index (κ1) is 28.6. The number of aliphatic hydroxyl groups excluding tert-OH is 1. The van der Waals surface area contributed by atoms with Crippen molar-refractivity contribution >= 4 is 46.6 Å². The van der Waals surface area contributed by atoms with Crippen LogP contribution in [0.25, 0.3) is 11.2 Å². The van der Waals surface area contributed by atoms with Crippen LogP contribution in [-0.2, 0) is 16.1 Å². The molecule has 2 amide bonds. The van der Waals surface area contributed by atoms with Crippen molar-refractivity contribution in [1.29, 1.82) is 0 Å². The Labute approximate surface area is 223 Å². The summed E-state index contributed by atoms with van der Waals surface area (Å²) >= 11 is 0. The van der Waals surface area contributed by atoms with Gasteiger partial charge < -0.3 is 30.9 Å². The molecule has 0 aliphatic heterocycles. The van der Waals surface area contributed by atoms with Gasteiger partial charge >= 0.3 is 12.1 Å². The summed E-state index contributed by atoms with van der Waals surface area (Å²) in [4.78, 5) is 54.6. The molecule has 0 bridgehead atoms. The lowest BCUT2D eigenvalue weighted by molar-refractivity contribution is -0.139. The van der Waals surface area contributed by atoms with Gasteiger partial charge in [-0.25, -0.2) is 19.6 Å². The van der Waals surface area contributed by atoms with Gasteiger partial charge in [0.15, 0.2) is 17.0 Å². The van der Waals surface area contributed by atoms with E-state index in [0.717, 1.165) is 5.69 Å². The number of nitrogens with one attached hydrogen (secondary N) is 2. The fourth-order valence-electron chi connectivity index (χ4n) is 3.44. The highest BCUT2D eigenvalue weighted by molar-refractivity contribution is 5.96. The topological polar surface area (TPSA) is 206 Å². The minimum atomic E-state index is -1.20. The number of allylic oxidation sites excluding steroid dienone is 1. The molecule has 3 rings (SSSR count). The maximum atomic E-state index is 12.5. The molecule has 0 saturated carbocycles. The van der Waals surface area contributed by atoms with E-state index in [1.807, 2.05) is 11.9 Å². The Hall–Kier alpha value is -5.01. The molecule has 0 unspecified atom stereocenters. The summed E-state index contributed by atoms with van der Waals surface area (Å²) in [6.45, 7) is 7.08. The van der Waals surface area contributed by atoms with Gasteiger partial charge in [-0.3, -0.25) is 10.1 Å². The van der Waals surface area contributed by atoms with Gasteiger partial charge in [0.05, 0.1) is 30.3 Å². The Kier molecular flexibility index (Phi) is 9.15. The average molecular weight is 539 g/mol. The Bertz CT molecular complexity index is 1380. The highest BCUT2D eigenvalue weighted by Gasteiger charge is 2.21. The number of carboxylic acid groups (broad SMARTS) is 1. The number of nitrogens with two attached hydrogens (primary N) is 1. The number of anilines is 3. The molecular formula is C25H30N8O6. The molecule has 39 heavy (non-hydrogen) atoms. The van der Waals surface area contributed by atoms with Gasteiger partial charge in [0.1, 0.15) is 6.04 Å². The number of aromatic nitrogens is 4. The van der Waals surface area contributed by atoms with Gasteiger partial charge in [-0.1, -0.05) is 6.58 Å². The second kappa shape index (κ2) is 12.5. The van der Waals surface area contributed by atoms with Gasteiger partial charge in [0.2, 0.25) is 5.95 Å². The van der Waals surface area contributed by atoms with Gasteiger partial charge in [-0.2, -0.15) is 9.97 Å². The molecule has 14 nitrogen and oxygen atoms in total. The lowest BCUT2D eigenvalue weighted by Crippen LogP contribution is -2.40. The third-order valence-electron chi connectivity index (χ3n) is 5.33. The van der Waals surface area contributed by atoms with Crippen LogP contribution in [0.1, 0.15) is 42.7 Å². The normalized spacial score (nSPS) is 11.6. The molecule has 2 aromatic heterocycles. The lowest BCUT2D eigenvalue weighted by atomic mass is 10.1. The van der Waals surface area contributed by atoms with Crippen molar-refractivity contribution in [3.05, 3.63) is 54.1 Å². The second-order valence-electron chi connectivity index (χ2n) is 8.92. The summed E-state index contributed by atoms with van der Waals surface area (Å²) in [5.74, 6) is -1.93. The number of rotatable bonds is 11. The zero-order valence-corrected chi connectivity index (χ0v) is 21.7. The monoisotopic (exact) mass is 538 g/mol. The number of ether oxygens (including phenoxy) is 1. The maximum absolute atomic E-state index is 12.5. The third kappa shape index (κ3) is 7.99. The summed E-state index contributed by atoms with van der Waals surface area (Å²) in [6, 6.07) is 5.40. The van der Waals surface area contributed by atoms with E-state index in [-0.39, 0.29) is 53.2 Å². The Morgan fingerprint density at radius 3 is 2.44 bits per heavy atom. The molecule has 0 radical (unpaired) electrons. The molecule has 2 heterocycles. The fraction of sp³-hybridized carbons (Fsp3) is 0.320. The number of aliphatic hydroxyl groups is 1. The van der Waals surface area contributed by atoms with Crippen molar-refractivity contribution < 1.29 is 29.3 Å². The zero-order chi connectivity index (χ0) is 28.7. The van der Waals surface area contributed by atoms with E-state index in [1.165, 1.54) is 6.20 Å². The molecule has 6 N–H and O–H groups in total. The number of nitrogens with zero attached hydrogens (tertiary/aromatic N) is 5. The molecule has 3 aromatic rings. The number of aliphatic carboxylic acids is 1. The van der Waals surface area contributed by atoms with Gasteiger partial charge in [-0.15, -0.1) is 0 Å². The van der Waals surface area contributed by atoms with Crippen molar-refractivity contribution in [2.24, 2.45) is 0 Å². The van der Waals surface area contributed by atoms with Crippen LogP contribution in [0.3, 0.4) is 0 Å². The summed E-state index contributed by atoms with van der Waals surface area (Å²) < 4.78 is 5.01. The number of hydrogen-bond donors (Lipinski definition) is 5. The summed E-state index contributed by atoms with van der Waals surface area (Å²) in [6.07, 6.45) is 0.566. The predicted molar refractivity (Wildman–Crippen MR) is 143 cm³/mol. The van der Waals surface area contributed by atoms with Crippen molar-refractivity contribution in [2.75, 3.05) is 23.0 Å². The number of amides is 2. The number of carbonyl (C=O) groups excluding carboxylic acids is 2. The number of carboxylic acids is 1. The molecule has 1 aromatic carbocycles. The van der Waals surface area contributed by atoms with E-state index in [2.05, 4.69) is 37.1 Å². The van der Waals surface area contributed by atoms with E-state index >= 15 is 0 Å². The molecule has 0 aliphatic rings. The highest BCUT2D eigenvalue weighted by atomic mass is 16.6. The molecule has 0 saturated heterocycles. The first-order chi connectivity index (χ1) is 18.4. The molecule has 1 atom stereocenters. The smallest absolute Gasteiger partial charge is 0.414 e. The van der Waals surface area contributed by atoms with Crippen LogP contribution >= 0.6 is 0 Å². The van der Waals surface area contributed by atoms with Crippen LogP contribution in [0.4, 0.5) is 22.2 Å². The van der Waals surface area contributed by atoms with E-state index in [0.29, 0.717) is 12.2 Å². The van der Waals surface area contributed by atoms with E-state index in [9.17, 15) is 24.6 Å². The zero-order valence-electron chi connectivity index (χ0n) is 21.7. The molecule has 206 valence electrons. The Balaban J connectivity index is 1.67. The first-order valence-electron chi connectivity index (χ1n) is 11.9. The SMILES string of the molecule is C=C(O)CC[C@H](NC(=O)c1ccc(N(C)Cc2cnc3nc(NC(=O)OC(C)C)nc(N)c3n2)cc1)C(=O)O. The van der Waals surface area contributed by atoms with Crippen LogP contribution in [0.5, 0.6) is 0 Å². The lowest BCUT2D eigenvalue weighted by Gasteiger charge is -2.19. The van der Waals surface area contributed by atoms with Crippen molar-refractivity contribution in [3.8, 4) is 0 Å². The summed E-state index contributed by atoms with van der Waals surface area (Å²) in [7, 11) is 1.82. The van der Waals surface area contributed by atoms with Crippen molar-refractivity contribution in [1.82, 2.24) is 25.3 Å². The summed E-state index contributed by atoms with van der Waals surface area (Å²) in [5, 5.41) is 23.4. The number of hydrogen-bond acceptors (Lipinski definition) is 11. The molecule has 14 heteroatoms. The van der Waals surface area contributed by atoms with Crippen LogP contribution in [0.2, 0.25) is 0 Å². The van der Waals surface area contributed by atoms with Gasteiger partial charge in [-0.05, 0) is 44.5 Å². The number of benzene rings is 1. The second-order valence-corrected chi connectivity index (χ2v) is 8.92. The summed E-state index contributed by atoms with van der Waals surface area (Å²) in [5.41, 5.74) is 8.10. The van der Waals surface area contributed by atoms with Gasteiger partial charge in [0.25, 0.3) is 5.91 Å². The van der Waals surface area contributed by atoms with Crippen LogP contribution < -0.4 is 21.3 Å². The van der Waals surface area contributed by atoms with E-state index in [4.69, 9.17) is 10.5 Å². The van der Waals surface area contributed by atoms with Crippen LogP contribution in [0.15, 0.2) is 42.8 Å². The third-order valence-corrected chi connectivity index (χ3v) is 5.33. The van der Waals surface area contributed by atoms with E-state index in [1.54, 1.807) is 38.1 Å². The van der Waals surface area contributed by atoms with Crippen LogP contribution in [-0.4, -0.2) is 67.3 Å². The quantitative estimate of drug-likeness (QED) is 0.223. The van der Waals surface area contributed by atoms with Gasteiger partial charge in [0, 0.05) is 24.7 Å². The van der Waals surface area contributed by atoms with Crippen molar-refractivity contribution in [2.45, 2.75) is 45.4 Å².